The molecule has 148 valence electrons. The maximum atomic E-state index is 12.8. The highest BCUT2D eigenvalue weighted by Gasteiger charge is 2.31. The highest BCUT2D eigenvalue weighted by atomic mass is 16.5. The highest BCUT2D eigenvalue weighted by molar-refractivity contribution is 5.90. The summed E-state index contributed by atoms with van der Waals surface area (Å²) in [7, 11) is 0. The third-order valence-electron chi connectivity index (χ3n) is 5.21. The normalized spacial score (nSPS) is 20.1. The summed E-state index contributed by atoms with van der Waals surface area (Å²) in [4.78, 5) is 33.0. The van der Waals surface area contributed by atoms with Crippen LogP contribution < -0.4 is 5.32 Å². The van der Waals surface area contributed by atoms with Gasteiger partial charge in [0.05, 0.1) is 25.3 Å². The van der Waals surface area contributed by atoms with E-state index in [0.717, 1.165) is 18.4 Å². The van der Waals surface area contributed by atoms with Gasteiger partial charge >= 0.3 is 6.03 Å². The molecule has 2 aliphatic rings. The minimum Gasteiger partial charge on any atom is -0.444 e. The largest absolute Gasteiger partial charge is 0.444 e. The van der Waals surface area contributed by atoms with Gasteiger partial charge in [0.25, 0.3) is 0 Å². The minimum atomic E-state index is -0.186. The predicted octanol–water partition coefficient (Wildman–Crippen LogP) is 2.44. The number of oxazole rings is 1. The molecule has 4 rings (SSSR count). The SMILES string of the molecule is O=C(Nc1cccc(-c2cnco2)c1)N1CCC[C@@H](C(=O)N2CCOCC2)C1. The van der Waals surface area contributed by atoms with E-state index in [4.69, 9.17) is 9.15 Å². The van der Waals surface area contributed by atoms with E-state index in [-0.39, 0.29) is 17.9 Å². The van der Waals surface area contributed by atoms with Crippen molar-refractivity contribution in [1.29, 1.82) is 0 Å². The Balaban J connectivity index is 1.38. The molecule has 8 heteroatoms. The number of piperidine rings is 1. The van der Waals surface area contributed by atoms with Crippen molar-refractivity contribution in [1.82, 2.24) is 14.8 Å². The van der Waals surface area contributed by atoms with Gasteiger partial charge in [0.1, 0.15) is 0 Å². The first kappa shape index (κ1) is 18.5. The number of morpholine rings is 1. The van der Waals surface area contributed by atoms with Crippen LogP contribution in [0.3, 0.4) is 0 Å². The number of nitrogens with zero attached hydrogens (tertiary/aromatic N) is 3. The van der Waals surface area contributed by atoms with Crippen LogP contribution in [0.15, 0.2) is 41.3 Å². The quantitative estimate of drug-likeness (QED) is 0.878. The first-order valence-electron chi connectivity index (χ1n) is 9.62. The van der Waals surface area contributed by atoms with E-state index in [1.165, 1.54) is 6.39 Å². The summed E-state index contributed by atoms with van der Waals surface area (Å²) >= 11 is 0. The van der Waals surface area contributed by atoms with Crippen LogP contribution >= 0.6 is 0 Å². The molecule has 2 aliphatic heterocycles. The number of rotatable bonds is 3. The van der Waals surface area contributed by atoms with E-state index < -0.39 is 0 Å². The number of carbonyl (C=O) groups is 2. The van der Waals surface area contributed by atoms with Gasteiger partial charge in [-0.2, -0.15) is 0 Å². The van der Waals surface area contributed by atoms with Crippen LogP contribution in [0, 0.1) is 5.92 Å². The minimum absolute atomic E-state index is 0.133. The first-order chi connectivity index (χ1) is 13.7. The molecule has 3 amide bonds. The van der Waals surface area contributed by atoms with Gasteiger partial charge in [-0.3, -0.25) is 4.79 Å². The van der Waals surface area contributed by atoms with Crippen molar-refractivity contribution in [3.63, 3.8) is 0 Å². The second kappa shape index (κ2) is 8.43. The number of amides is 3. The Morgan fingerprint density at radius 3 is 2.79 bits per heavy atom. The standard InChI is InChI=1S/C20H24N4O4/c25-19(23-7-9-27-10-8-23)16-4-2-6-24(13-16)20(26)22-17-5-1-3-15(11-17)18-12-21-14-28-18/h1,3,5,11-12,14,16H,2,4,6-10,13H2,(H,22,26)/t16-/m1/s1. The lowest BCUT2D eigenvalue weighted by Crippen LogP contribution is -2.50. The predicted molar refractivity (Wildman–Crippen MR) is 103 cm³/mol. The molecule has 0 aliphatic carbocycles. The molecule has 2 fully saturated rings. The maximum Gasteiger partial charge on any atom is 0.321 e. The van der Waals surface area contributed by atoms with Crippen LogP contribution in [0.2, 0.25) is 0 Å². The Kier molecular flexibility index (Phi) is 5.57. The van der Waals surface area contributed by atoms with Gasteiger partial charge in [0, 0.05) is 37.4 Å². The smallest absolute Gasteiger partial charge is 0.321 e. The van der Waals surface area contributed by atoms with E-state index in [2.05, 4.69) is 10.3 Å². The third-order valence-corrected chi connectivity index (χ3v) is 5.21. The van der Waals surface area contributed by atoms with Gasteiger partial charge in [0.2, 0.25) is 5.91 Å². The molecule has 0 saturated carbocycles. The van der Waals surface area contributed by atoms with Gasteiger partial charge in [-0.1, -0.05) is 12.1 Å². The molecule has 0 unspecified atom stereocenters. The third kappa shape index (κ3) is 4.17. The number of hydrogen-bond acceptors (Lipinski definition) is 5. The number of urea groups is 1. The number of benzene rings is 1. The van der Waals surface area contributed by atoms with Crippen molar-refractivity contribution in [3.8, 4) is 11.3 Å². The van der Waals surface area contributed by atoms with Gasteiger partial charge in [0.15, 0.2) is 12.2 Å². The fourth-order valence-electron chi connectivity index (χ4n) is 3.72. The Labute approximate surface area is 163 Å². The van der Waals surface area contributed by atoms with Crippen LogP contribution in [-0.4, -0.2) is 66.1 Å². The number of nitrogens with one attached hydrogen (secondary N) is 1. The second-order valence-electron chi connectivity index (χ2n) is 7.10. The molecule has 1 aromatic carbocycles. The Morgan fingerprint density at radius 1 is 1.14 bits per heavy atom. The van der Waals surface area contributed by atoms with E-state index in [1.54, 1.807) is 11.1 Å². The molecular weight excluding hydrogens is 360 g/mol. The lowest BCUT2D eigenvalue weighted by molar-refractivity contribution is -0.141. The van der Waals surface area contributed by atoms with Crippen molar-refractivity contribution < 1.29 is 18.7 Å². The van der Waals surface area contributed by atoms with Crippen LogP contribution in [0.25, 0.3) is 11.3 Å². The molecule has 28 heavy (non-hydrogen) atoms. The van der Waals surface area contributed by atoms with Crippen molar-refractivity contribution in [2.45, 2.75) is 12.8 Å². The molecule has 0 bridgehead atoms. The average Bonchev–Trinajstić information content (AvgIpc) is 3.29. The van der Waals surface area contributed by atoms with Crippen molar-refractivity contribution in [2.24, 2.45) is 5.92 Å². The van der Waals surface area contributed by atoms with Gasteiger partial charge in [-0.05, 0) is 25.0 Å². The Hall–Kier alpha value is -2.87. The summed E-state index contributed by atoms with van der Waals surface area (Å²) in [5.74, 6) is 0.636. The molecule has 3 heterocycles. The molecule has 2 saturated heterocycles. The number of anilines is 1. The maximum absolute atomic E-state index is 12.8. The van der Waals surface area contributed by atoms with E-state index in [9.17, 15) is 9.59 Å². The number of aromatic nitrogens is 1. The number of ether oxygens (including phenoxy) is 1. The molecule has 0 radical (unpaired) electrons. The molecule has 1 atom stereocenters. The topological polar surface area (TPSA) is 87.9 Å². The van der Waals surface area contributed by atoms with Crippen molar-refractivity contribution in [2.75, 3.05) is 44.7 Å². The lowest BCUT2D eigenvalue weighted by Gasteiger charge is -2.36. The van der Waals surface area contributed by atoms with E-state index in [1.807, 2.05) is 29.2 Å². The fourth-order valence-corrected chi connectivity index (χ4v) is 3.72. The molecular formula is C20H24N4O4. The van der Waals surface area contributed by atoms with Crippen LogP contribution in [0.4, 0.5) is 10.5 Å². The average molecular weight is 384 g/mol. The molecule has 8 nitrogen and oxygen atoms in total. The lowest BCUT2D eigenvalue weighted by atomic mass is 9.96. The highest BCUT2D eigenvalue weighted by Crippen LogP contribution is 2.24. The summed E-state index contributed by atoms with van der Waals surface area (Å²) in [5.41, 5.74) is 1.52. The summed E-state index contributed by atoms with van der Waals surface area (Å²) in [6, 6.07) is 7.24. The summed E-state index contributed by atoms with van der Waals surface area (Å²) in [6.45, 7) is 3.55. The van der Waals surface area contributed by atoms with E-state index >= 15 is 0 Å². The monoisotopic (exact) mass is 384 g/mol. The summed E-state index contributed by atoms with van der Waals surface area (Å²) < 4.78 is 10.6. The second-order valence-corrected chi connectivity index (χ2v) is 7.10. The van der Waals surface area contributed by atoms with Gasteiger partial charge < -0.3 is 24.3 Å². The van der Waals surface area contributed by atoms with Crippen LogP contribution in [-0.2, 0) is 9.53 Å². The van der Waals surface area contributed by atoms with Crippen molar-refractivity contribution >= 4 is 17.6 Å². The zero-order valence-electron chi connectivity index (χ0n) is 15.7. The van der Waals surface area contributed by atoms with Crippen LogP contribution in [0.5, 0.6) is 0 Å². The molecule has 2 aromatic rings. The molecule has 0 spiro atoms. The van der Waals surface area contributed by atoms with Crippen molar-refractivity contribution in [3.05, 3.63) is 36.9 Å². The Bertz CT molecular complexity index is 817. The number of hydrogen-bond donors (Lipinski definition) is 1. The summed E-state index contributed by atoms with van der Waals surface area (Å²) in [6.07, 6.45) is 4.65. The fraction of sp³-hybridized carbons (Fsp3) is 0.450. The van der Waals surface area contributed by atoms with E-state index in [0.29, 0.717) is 50.8 Å². The number of likely N-dealkylation sites (tertiary alicyclic amines) is 1. The van der Waals surface area contributed by atoms with Gasteiger partial charge in [-0.15, -0.1) is 0 Å². The first-order valence-corrected chi connectivity index (χ1v) is 9.62. The molecule has 1 N–H and O–H groups in total. The van der Waals surface area contributed by atoms with Gasteiger partial charge in [-0.25, -0.2) is 9.78 Å². The molecule has 1 aromatic heterocycles. The summed E-state index contributed by atoms with van der Waals surface area (Å²) in [5, 5.41) is 2.93. The Morgan fingerprint density at radius 2 is 2.00 bits per heavy atom. The van der Waals surface area contributed by atoms with Crippen LogP contribution in [0.1, 0.15) is 12.8 Å². The zero-order chi connectivity index (χ0) is 19.3. The number of carbonyl (C=O) groups excluding carboxylic acids is 2. The zero-order valence-corrected chi connectivity index (χ0v) is 15.7.